The van der Waals surface area contributed by atoms with Crippen molar-refractivity contribution in [2.75, 3.05) is 18.5 Å². The predicted octanol–water partition coefficient (Wildman–Crippen LogP) is 3.13. The first kappa shape index (κ1) is 15.1. The van der Waals surface area contributed by atoms with Gasteiger partial charge in [0, 0.05) is 12.6 Å². The summed E-state index contributed by atoms with van der Waals surface area (Å²) in [5.41, 5.74) is 0.949. The Bertz CT molecular complexity index is 676. The van der Waals surface area contributed by atoms with Gasteiger partial charge in [-0.2, -0.15) is 0 Å². The van der Waals surface area contributed by atoms with Gasteiger partial charge in [0.25, 0.3) is 0 Å². The number of rotatable bonds is 3. The predicted molar refractivity (Wildman–Crippen MR) is 86.9 cm³/mol. The van der Waals surface area contributed by atoms with Crippen LogP contribution in [0.25, 0.3) is 0 Å². The highest BCUT2D eigenvalue weighted by atomic mass is 16.5. The molecule has 1 aromatic heterocycles. The highest BCUT2D eigenvalue weighted by Crippen LogP contribution is 2.32. The number of hydrogen-bond acceptors (Lipinski definition) is 4. The summed E-state index contributed by atoms with van der Waals surface area (Å²) in [6.07, 6.45) is 2.49. The van der Waals surface area contributed by atoms with Crippen LogP contribution in [0.4, 0.5) is 10.6 Å². The highest BCUT2D eigenvalue weighted by Gasteiger charge is 2.15. The lowest BCUT2D eigenvalue weighted by Crippen LogP contribution is -2.31. The van der Waals surface area contributed by atoms with Gasteiger partial charge in [-0.1, -0.05) is 12.1 Å². The molecule has 0 aliphatic carbocycles. The van der Waals surface area contributed by atoms with Crippen molar-refractivity contribution < 1.29 is 14.3 Å². The second-order valence-corrected chi connectivity index (χ2v) is 5.29. The third-order valence-corrected chi connectivity index (χ3v) is 3.53. The van der Waals surface area contributed by atoms with E-state index in [0.29, 0.717) is 19.0 Å². The molecule has 120 valence electrons. The molecule has 0 bridgehead atoms. The first-order valence-electron chi connectivity index (χ1n) is 7.60. The minimum atomic E-state index is -0.302. The monoisotopic (exact) mass is 313 g/mol. The van der Waals surface area contributed by atoms with Crippen LogP contribution in [-0.2, 0) is 0 Å². The molecule has 0 saturated carbocycles. The van der Waals surface area contributed by atoms with Gasteiger partial charge in [0.2, 0.25) is 0 Å². The molecular weight excluding hydrogens is 294 g/mol. The zero-order chi connectivity index (χ0) is 16.1. The van der Waals surface area contributed by atoms with E-state index in [1.807, 2.05) is 31.2 Å². The van der Waals surface area contributed by atoms with Crippen molar-refractivity contribution >= 4 is 11.8 Å². The van der Waals surface area contributed by atoms with Crippen LogP contribution < -0.4 is 20.1 Å². The fraction of sp³-hybridized carbons (Fsp3) is 0.294. The zero-order valence-corrected chi connectivity index (χ0v) is 12.9. The number of nitrogens with one attached hydrogen (secondary N) is 2. The second-order valence-electron chi connectivity index (χ2n) is 5.29. The molecule has 1 aliphatic rings. The first-order chi connectivity index (χ1) is 11.2. The average molecular weight is 313 g/mol. The Hall–Kier alpha value is -2.76. The fourth-order valence-electron chi connectivity index (χ4n) is 2.32. The van der Waals surface area contributed by atoms with Crippen LogP contribution in [0.2, 0.25) is 0 Å². The molecule has 1 aromatic carbocycles. The van der Waals surface area contributed by atoms with E-state index in [2.05, 4.69) is 15.6 Å². The van der Waals surface area contributed by atoms with Crippen molar-refractivity contribution in [3.8, 4) is 11.5 Å². The Morgan fingerprint density at radius 1 is 1.17 bits per heavy atom. The summed E-state index contributed by atoms with van der Waals surface area (Å²) < 4.78 is 11.3. The van der Waals surface area contributed by atoms with Crippen LogP contribution >= 0.6 is 0 Å². The van der Waals surface area contributed by atoms with Crippen LogP contribution in [0.15, 0.2) is 42.6 Å². The maximum absolute atomic E-state index is 12.0. The highest BCUT2D eigenvalue weighted by molar-refractivity contribution is 5.88. The van der Waals surface area contributed by atoms with E-state index in [1.54, 1.807) is 18.3 Å². The second kappa shape index (κ2) is 7.00. The van der Waals surface area contributed by atoms with Crippen molar-refractivity contribution in [1.82, 2.24) is 10.3 Å². The summed E-state index contributed by atoms with van der Waals surface area (Å²) in [5.74, 6) is 1.98. The number of pyridine rings is 1. The molecule has 6 nitrogen and oxygen atoms in total. The molecule has 1 aliphatic heterocycles. The maximum Gasteiger partial charge on any atom is 0.320 e. The molecule has 0 radical (unpaired) electrons. The van der Waals surface area contributed by atoms with Gasteiger partial charge < -0.3 is 14.8 Å². The number of amides is 2. The van der Waals surface area contributed by atoms with Gasteiger partial charge in [0.1, 0.15) is 5.82 Å². The lowest BCUT2D eigenvalue weighted by Gasteiger charge is -2.16. The molecule has 0 fully saturated rings. The van der Waals surface area contributed by atoms with Crippen molar-refractivity contribution in [3.05, 3.63) is 48.2 Å². The largest absolute Gasteiger partial charge is 0.490 e. The fourth-order valence-corrected chi connectivity index (χ4v) is 2.32. The molecule has 3 rings (SSSR count). The van der Waals surface area contributed by atoms with E-state index >= 15 is 0 Å². The van der Waals surface area contributed by atoms with E-state index in [1.165, 1.54) is 0 Å². The van der Waals surface area contributed by atoms with Crippen molar-refractivity contribution in [2.45, 2.75) is 19.4 Å². The van der Waals surface area contributed by atoms with Gasteiger partial charge in [-0.15, -0.1) is 0 Å². The molecule has 1 unspecified atom stereocenters. The third-order valence-electron chi connectivity index (χ3n) is 3.53. The van der Waals surface area contributed by atoms with Gasteiger partial charge in [-0.3, -0.25) is 5.32 Å². The van der Waals surface area contributed by atoms with Gasteiger partial charge in [0.05, 0.1) is 19.3 Å². The number of carbonyl (C=O) groups excluding carboxylic acids is 1. The van der Waals surface area contributed by atoms with Gasteiger partial charge in [-0.05, 0) is 36.8 Å². The van der Waals surface area contributed by atoms with Crippen LogP contribution in [0, 0.1) is 0 Å². The molecule has 2 aromatic rings. The van der Waals surface area contributed by atoms with E-state index in [0.717, 1.165) is 23.5 Å². The first-order valence-corrected chi connectivity index (χ1v) is 7.60. The number of fused-ring (bicyclic) bond motifs is 1. The number of ether oxygens (including phenoxy) is 2. The van der Waals surface area contributed by atoms with Crippen molar-refractivity contribution in [1.29, 1.82) is 0 Å². The minimum absolute atomic E-state index is 0.170. The summed E-state index contributed by atoms with van der Waals surface area (Å²) in [4.78, 5) is 16.1. The summed E-state index contributed by atoms with van der Waals surface area (Å²) in [7, 11) is 0. The molecule has 2 N–H and O–H groups in total. The average Bonchev–Trinajstić information content (AvgIpc) is 2.80. The maximum atomic E-state index is 12.0. The summed E-state index contributed by atoms with van der Waals surface area (Å²) in [5, 5.41) is 5.58. The molecule has 0 spiro atoms. The number of urea groups is 1. The quantitative estimate of drug-likeness (QED) is 0.913. The Kier molecular flexibility index (Phi) is 4.61. The summed E-state index contributed by atoms with van der Waals surface area (Å²) in [6, 6.07) is 10.6. The summed E-state index contributed by atoms with van der Waals surface area (Å²) >= 11 is 0. The zero-order valence-electron chi connectivity index (χ0n) is 12.9. The molecule has 1 atom stereocenters. The molecular formula is C17H19N3O3. The Morgan fingerprint density at radius 3 is 2.78 bits per heavy atom. The number of hydrogen-bond donors (Lipinski definition) is 2. The Labute approximate surface area is 134 Å². The summed E-state index contributed by atoms with van der Waals surface area (Å²) in [6.45, 7) is 3.21. The van der Waals surface area contributed by atoms with E-state index in [9.17, 15) is 4.79 Å². The lowest BCUT2D eigenvalue weighted by molar-refractivity contribution is 0.249. The normalized spacial score (nSPS) is 14.5. The van der Waals surface area contributed by atoms with Gasteiger partial charge >= 0.3 is 6.03 Å². The molecule has 0 saturated heterocycles. The van der Waals surface area contributed by atoms with Crippen LogP contribution in [0.5, 0.6) is 11.5 Å². The van der Waals surface area contributed by atoms with E-state index < -0.39 is 0 Å². The third kappa shape index (κ3) is 3.91. The van der Waals surface area contributed by atoms with Crippen LogP contribution in [0.3, 0.4) is 0 Å². The van der Waals surface area contributed by atoms with Gasteiger partial charge in [-0.25, -0.2) is 9.78 Å². The Balaban J connectivity index is 1.65. The molecule has 23 heavy (non-hydrogen) atoms. The molecule has 6 heteroatoms. The lowest BCUT2D eigenvalue weighted by atomic mass is 10.1. The van der Waals surface area contributed by atoms with Crippen LogP contribution in [-0.4, -0.2) is 24.2 Å². The van der Waals surface area contributed by atoms with E-state index in [-0.39, 0.29) is 12.1 Å². The van der Waals surface area contributed by atoms with Crippen LogP contribution in [0.1, 0.15) is 24.9 Å². The van der Waals surface area contributed by atoms with Crippen molar-refractivity contribution in [3.63, 3.8) is 0 Å². The van der Waals surface area contributed by atoms with E-state index in [4.69, 9.17) is 9.47 Å². The Morgan fingerprint density at radius 2 is 2.00 bits per heavy atom. The smallest absolute Gasteiger partial charge is 0.320 e. The number of nitrogens with zero attached hydrogens (tertiary/aromatic N) is 1. The standard InChI is InChI=1S/C17H19N3O3/c1-12(19-17(21)20-16-5-2-3-8-18-16)13-6-7-14-15(11-13)23-10-4-9-22-14/h2-3,5-8,11-12H,4,9-10H2,1H3,(H2,18,19,20,21). The number of anilines is 1. The van der Waals surface area contributed by atoms with Gasteiger partial charge in [0.15, 0.2) is 11.5 Å². The number of aromatic nitrogens is 1. The SMILES string of the molecule is CC(NC(=O)Nc1ccccn1)c1ccc2c(c1)OCCCO2. The molecule has 2 amide bonds. The number of carbonyl (C=O) groups is 1. The van der Waals surface area contributed by atoms with Crippen molar-refractivity contribution in [2.24, 2.45) is 0 Å². The molecule has 2 heterocycles. The number of benzene rings is 1. The minimum Gasteiger partial charge on any atom is -0.490 e. The topological polar surface area (TPSA) is 72.5 Å².